The molecule has 3 nitrogen and oxygen atoms in total. The van der Waals surface area contributed by atoms with Gasteiger partial charge in [-0.05, 0) is 23.3 Å². The monoisotopic (exact) mass is 340 g/mol. The Morgan fingerprint density at radius 3 is 2.08 bits per heavy atom. The summed E-state index contributed by atoms with van der Waals surface area (Å²) in [6.07, 6.45) is 8.46. The Labute approximate surface area is 150 Å². The lowest BCUT2D eigenvalue weighted by molar-refractivity contribution is -0.671. The molecule has 3 rings (SSSR count). The summed E-state index contributed by atoms with van der Waals surface area (Å²) in [5.41, 5.74) is 3.78. The van der Waals surface area contributed by atoms with Gasteiger partial charge in [-0.25, -0.2) is 4.57 Å². The van der Waals surface area contributed by atoms with Crippen LogP contribution in [0.25, 0.3) is 12.2 Å². The van der Waals surface area contributed by atoms with Crippen LogP contribution in [0.3, 0.4) is 0 Å². The molecule has 0 bridgehead atoms. The number of piperazine rings is 1. The maximum atomic E-state index is 4.32. The molecule has 1 aromatic heterocycles. The van der Waals surface area contributed by atoms with E-state index in [9.17, 15) is 0 Å². The third-order valence-electron chi connectivity index (χ3n) is 4.52. The molecule has 2 aromatic rings. The van der Waals surface area contributed by atoms with E-state index in [2.05, 4.69) is 83.4 Å². The van der Waals surface area contributed by atoms with Crippen LogP contribution < -0.4 is 9.47 Å². The van der Waals surface area contributed by atoms with Crippen LogP contribution in [0, 0.1) is 0 Å². The third kappa shape index (κ3) is 4.62. The lowest BCUT2D eigenvalue weighted by Gasteiger charge is -2.35. The molecule has 2 heterocycles. The van der Waals surface area contributed by atoms with Crippen molar-refractivity contribution in [3.8, 4) is 0 Å². The molecule has 1 aliphatic heterocycles. The minimum atomic E-state index is 0.945. The summed E-state index contributed by atoms with van der Waals surface area (Å²) in [4.78, 5) is 4.96. The second-order valence-electron chi connectivity index (χ2n) is 6.27. The number of hydrogen-bond donors (Lipinski definition) is 1. The van der Waals surface area contributed by atoms with Crippen molar-refractivity contribution in [1.29, 1.82) is 0 Å². The van der Waals surface area contributed by atoms with Crippen LogP contribution in [-0.4, -0.2) is 43.4 Å². The summed E-state index contributed by atoms with van der Waals surface area (Å²) >= 11 is 4.32. The van der Waals surface area contributed by atoms with Crippen LogP contribution in [0.1, 0.15) is 11.1 Å². The number of thiol groups is 1. The number of aromatic nitrogens is 1. The van der Waals surface area contributed by atoms with Crippen molar-refractivity contribution < 1.29 is 4.57 Å². The highest BCUT2D eigenvalue weighted by Gasteiger charge is 2.16. The Balaban J connectivity index is 1.58. The molecule has 1 saturated heterocycles. The van der Waals surface area contributed by atoms with Crippen LogP contribution in [0.4, 0.5) is 5.69 Å². The highest BCUT2D eigenvalue weighted by Crippen LogP contribution is 2.18. The maximum Gasteiger partial charge on any atom is 0.169 e. The SMILES string of the molecule is C[n+]1ccc(/C=C/c2ccc(N3CCN(CCS)CC3)cc2)cc1. The fourth-order valence-electron chi connectivity index (χ4n) is 2.98. The second kappa shape index (κ2) is 8.36. The predicted octanol–water partition coefficient (Wildman–Crippen LogP) is 2.73. The molecule has 1 fully saturated rings. The summed E-state index contributed by atoms with van der Waals surface area (Å²) in [5, 5.41) is 0. The summed E-state index contributed by atoms with van der Waals surface area (Å²) in [5.74, 6) is 0.945. The van der Waals surface area contributed by atoms with Crippen molar-refractivity contribution in [2.24, 2.45) is 7.05 Å². The summed E-state index contributed by atoms with van der Waals surface area (Å²) in [6, 6.07) is 13.1. The number of benzene rings is 1. The lowest BCUT2D eigenvalue weighted by atomic mass is 10.1. The van der Waals surface area contributed by atoms with E-state index in [0.717, 1.165) is 38.5 Å². The number of rotatable bonds is 5. The average Bonchev–Trinajstić information content (AvgIpc) is 2.63. The largest absolute Gasteiger partial charge is 0.369 e. The second-order valence-corrected chi connectivity index (χ2v) is 6.72. The minimum absolute atomic E-state index is 0.945. The first-order valence-electron chi connectivity index (χ1n) is 8.56. The molecule has 0 atom stereocenters. The van der Waals surface area contributed by atoms with Crippen molar-refractivity contribution in [3.05, 3.63) is 59.9 Å². The number of nitrogens with zero attached hydrogens (tertiary/aromatic N) is 3. The van der Waals surface area contributed by atoms with Gasteiger partial charge in [0.05, 0.1) is 0 Å². The smallest absolute Gasteiger partial charge is 0.169 e. The topological polar surface area (TPSA) is 10.4 Å². The first-order chi connectivity index (χ1) is 11.7. The highest BCUT2D eigenvalue weighted by molar-refractivity contribution is 7.80. The minimum Gasteiger partial charge on any atom is -0.369 e. The molecule has 4 heteroatoms. The van der Waals surface area contributed by atoms with E-state index in [1.54, 1.807) is 0 Å². The number of hydrogen-bond acceptors (Lipinski definition) is 3. The van der Waals surface area contributed by atoms with Crippen LogP contribution in [-0.2, 0) is 7.05 Å². The van der Waals surface area contributed by atoms with Gasteiger partial charge in [0.1, 0.15) is 7.05 Å². The molecule has 0 radical (unpaired) electrons. The van der Waals surface area contributed by atoms with E-state index in [1.807, 2.05) is 11.6 Å². The molecule has 0 spiro atoms. The predicted molar refractivity (Wildman–Crippen MR) is 105 cm³/mol. The molecule has 0 amide bonds. The third-order valence-corrected chi connectivity index (χ3v) is 4.72. The molecule has 24 heavy (non-hydrogen) atoms. The lowest BCUT2D eigenvalue weighted by Crippen LogP contribution is -2.46. The van der Waals surface area contributed by atoms with E-state index in [0.29, 0.717) is 0 Å². The summed E-state index contributed by atoms with van der Waals surface area (Å²) < 4.78 is 2.04. The van der Waals surface area contributed by atoms with Gasteiger partial charge in [-0.2, -0.15) is 12.6 Å². The first kappa shape index (κ1) is 17.1. The Morgan fingerprint density at radius 2 is 1.50 bits per heavy atom. The van der Waals surface area contributed by atoms with Gasteiger partial charge in [0.15, 0.2) is 12.4 Å². The van der Waals surface area contributed by atoms with Gasteiger partial charge >= 0.3 is 0 Å². The maximum absolute atomic E-state index is 4.32. The van der Waals surface area contributed by atoms with Crippen molar-refractivity contribution in [2.45, 2.75) is 0 Å². The van der Waals surface area contributed by atoms with Gasteiger partial charge in [-0.3, -0.25) is 4.90 Å². The zero-order valence-corrected chi connectivity index (χ0v) is 15.2. The van der Waals surface area contributed by atoms with Crippen molar-refractivity contribution in [3.63, 3.8) is 0 Å². The molecule has 0 aliphatic carbocycles. The van der Waals surface area contributed by atoms with E-state index < -0.39 is 0 Å². The zero-order valence-electron chi connectivity index (χ0n) is 14.3. The fraction of sp³-hybridized carbons (Fsp3) is 0.350. The van der Waals surface area contributed by atoms with Crippen molar-refractivity contribution in [1.82, 2.24) is 4.90 Å². The van der Waals surface area contributed by atoms with Crippen LogP contribution in [0.15, 0.2) is 48.8 Å². The number of pyridine rings is 1. The fourth-order valence-corrected chi connectivity index (χ4v) is 3.27. The van der Waals surface area contributed by atoms with Gasteiger partial charge in [0.2, 0.25) is 0 Å². The quantitative estimate of drug-likeness (QED) is 0.663. The van der Waals surface area contributed by atoms with E-state index in [1.165, 1.54) is 16.8 Å². The van der Waals surface area contributed by atoms with E-state index >= 15 is 0 Å². The van der Waals surface area contributed by atoms with Gasteiger partial charge in [0, 0.05) is 56.3 Å². The normalized spacial score (nSPS) is 16.0. The Kier molecular flexibility index (Phi) is 5.94. The number of aryl methyl sites for hydroxylation is 1. The van der Waals surface area contributed by atoms with Gasteiger partial charge < -0.3 is 4.90 Å². The van der Waals surface area contributed by atoms with Gasteiger partial charge in [-0.1, -0.05) is 24.3 Å². The van der Waals surface area contributed by atoms with Crippen molar-refractivity contribution >= 4 is 30.5 Å². The molecular formula is C20H26N3S+. The molecular weight excluding hydrogens is 314 g/mol. The highest BCUT2D eigenvalue weighted by atomic mass is 32.1. The van der Waals surface area contributed by atoms with Crippen LogP contribution >= 0.6 is 12.6 Å². The average molecular weight is 341 g/mol. The van der Waals surface area contributed by atoms with Gasteiger partial charge in [-0.15, -0.1) is 0 Å². The van der Waals surface area contributed by atoms with E-state index in [4.69, 9.17) is 0 Å². The molecule has 0 unspecified atom stereocenters. The zero-order chi connectivity index (χ0) is 16.8. The van der Waals surface area contributed by atoms with Crippen LogP contribution in [0.5, 0.6) is 0 Å². The molecule has 1 aromatic carbocycles. The van der Waals surface area contributed by atoms with Gasteiger partial charge in [0.25, 0.3) is 0 Å². The summed E-state index contributed by atoms with van der Waals surface area (Å²) in [7, 11) is 2.03. The molecule has 1 aliphatic rings. The summed E-state index contributed by atoms with van der Waals surface area (Å²) in [6.45, 7) is 5.56. The Bertz CT molecular complexity index is 656. The molecule has 0 N–H and O–H groups in total. The Hall–Kier alpha value is -1.78. The first-order valence-corrected chi connectivity index (χ1v) is 9.19. The van der Waals surface area contributed by atoms with E-state index in [-0.39, 0.29) is 0 Å². The van der Waals surface area contributed by atoms with Crippen LogP contribution in [0.2, 0.25) is 0 Å². The molecule has 0 saturated carbocycles. The molecule has 126 valence electrons. The Morgan fingerprint density at radius 1 is 0.917 bits per heavy atom. The standard InChI is InChI=1S/C20H25N3S/c1-21-10-8-19(9-11-21)3-2-18-4-6-20(7-5-18)23-14-12-22(13-15-23)16-17-24/h2-11H,12-17H2,1H3/p+1. The number of anilines is 1. The van der Waals surface area contributed by atoms with Crippen molar-refractivity contribution in [2.75, 3.05) is 43.4 Å².